The van der Waals surface area contributed by atoms with Gasteiger partial charge < -0.3 is 4.74 Å². The fraction of sp³-hybridized carbons (Fsp3) is 0.133. The van der Waals surface area contributed by atoms with E-state index in [0.717, 1.165) is 6.26 Å². The third kappa shape index (κ3) is 3.46. The van der Waals surface area contributed by atoms with Crippen LogP contribution >= 0.6 is 0 Å². The Labute approximate surface area is 122 Å². The largest absolute Gasteiger partial charge is 0.453 e. The standard InChI is InChI=1S/C15H13FO4S/c1-10(17)13-7-4-8-14(16)15(13)20-11-5-3-6-12(9-11)21(2,18)19/h3-9H,1-2H3. The van der Waals surface area contributed by atoms with Gasteiger partial charge in [0.25, 0.3) is 0 Å². The second-order valence-corrected chi connectivity index (χ2v) is 6.54. The number of ether oxygens (including phenoxy) is 1. The van der Waals surface area contributed by atoms with Gasteiger partial charge in [0.05, 0.1) is 10.5 Å². The number of hydrogen-bond donors (Lipinski definition) is 0. The maximum absolute atomic E-state index is 13.8. The average Bonchev–Trinajstić information content (AvgIpc) is 2.40. The van der Waals surface area contributed by atoms with Crippen molar-refractivity contribution in [3.8, 4) is 11.5 Å². The molecule has 0 amide bonds. The number of benzene rings is 2. The van der Waals surface area contributed by atoms with Gasteiger partial charge in [-0.05, 0) is 37.3 Å². The number of carbonyl (C=O) groups excluding carboxylic acids is 1. The molecule has 0 spiro atoms. The van der Waals surface area contributed by atoms with E-state index in [4.69, 9.17) is 4.74 Å². The molecule has 0 unspecified atom stereocenters. The number of sulfone groups is 1. The highest BCUT2D eigenvalue weighted by Crippen LogP contribution is 2.29. The van der Waals surface area contributed by atoms with Crippen molar-refractivity contribution in [3.05, 3.63) is 53.8 Å². The zero-order chi connectivity index (χ0) is 15.6. The first-order valence-electron chi connectivity index (χ1n) is 6.06. The molecule has 2 rings (SSSR count). The van der Waals surface area contributed by atoms with E-state index in [1.54, 1.807) is 0 Å². The molecule has 0 fully saturated rings. The minimum atomic E-state index is -3.39. The van der Waals surface area contributed by atoms with E-state index in [9.17, 15) is 17.6 Å². The van der Waals surface area contributed by atoms with Crippen LogP contribution in [0.5, 0.6) is 11.5 Å². The molecule has 0 radical (unpaired) electrons. The summed E-state index contributed by atoms with van der Waals surface area (Å²) in [5, 5.41) is 0. The maximum atomic E-state index is 13.8. The Hall–Kier alpha value is -2.21. The van der Waals surface area contributed by atoms with E-state index < -0.39 is 15.7 Å². The Balaban J connectivity index is 2.46. The van der Waals surface area contributed by atoms with Crippen LogP contribution in [0.15, 0.2) is 47.4 Å². The van der Waals surface area contributed by atoms with Crippen LogP contribution in [0.25, 0.3) is 0 Å². The lowest BCUT2D eigenvalue weighted by molar-refractivity contribution is 0.101. The van der Waals surface area contributed by atoms with Crippen molar-refractivity contribution in [1.82, 2.24) is 0 Å². The highest BCUT2D eigenvalue weighted by atomic mass is 32.2. The molecular formula is C15H13FO4S. The molecule has 0 aliphatic rings. The molecule has 0 aromatic heterocycles. The van der Waals surface area contributed by atoms with Crippen molar-refractivity contribution in [1.29, 1.82) is 0 Å². The fourth-order valence-corrected chi connectivity index (χ4v) is 2.43. The number of Topliss-reactive ketones (excluding diaryl/α,β-unsaturated/α-hetero) is 1. The summed E-state index contributed by atoms with van der Waals surface area (Å²) in [4.78, 5) is 11.5. The van der Waals surface area contributed by atoms with E-state index in [-0.39, 0.29) is 27.7 Å². The number of rotatable bonds is 4. The van der Waals surface area contributed by atoms with Gasteiger partial charge >= 0.3 is 0 Å². The van der Waals surface area contributed by atoms with E-state index in [2.05, 4.69) is 0 Å². The monoisotopic (exact) mass is 308 g/mol. The molecule has 0 aliphatic heterocycles. The molecule has 2 aromatic rings. The molecule has 0 aliphatic carbocycles. The van der Waals surface area contributed by atoms with Crippen LogP contribution in [0.1, 0.15) is 17.3 Å². The van der Waals surface area contributed by atoms with Crippen molar-refractivity contribution in [2.24, 2.45) is 0 Å². The Morgan fingerprint density at radius 3 is 2.43 bits per heavy atom. The number of ketones is 1. The molecule has 2 aromatic carbocycles. The molecule has 0 saturated carbocycles. The molecule has 4 nitrogen and oxygen atoms in total. The predicted molar refractivity (Wildman–Crippen MR) is 76.0 cm³/mol. The summed E-state index contributed by atoms with van der Waals surface area (Å²) in [5.74, 6) is -1.10. The van der Waals surface area contributed by atoms with Crippen LogP contribution in [-0.4, -0.2) is 20.5 Å². The summed E-state index contributed by atoms with van der Waals surface area (Å²) >= 11 is 0. The van der Waals surface area contributed by atoms with Crippen molar-refractivity contribution < 1.29 is 22.3 Å². The maximum Gasteiger partial charge on any atom is 0.175 e. The molecule has 21 heavy (non-hydrogen) atoms. The third-order valence-corrected chi connectivity index (χ3v) is 3.91. The molecule has 0 bridgehead atoms. The fourth-order valence-electron chi connectivity index (χ4n) is 1.78. The van der Waals surface area contributed by atoms with Gasteiger partial charge in [-0.15, -0.1) is 0 Å². The highest BCUT2D eigenvalue weighted by Gasteiger charge is 2.15. The second-order valence-electron chi connectivity index (χ2n) is 4.52. The van der Waals surface area contributed by atoms with Gasteiger partial charge in [0.2, 0.25) is 0 Å². The summed E-state index contributed by atoms with van der Waals surface area (Å²) in [6.45, 7) is 1.30. The Morgan fingerprint density at radius 2 is 1.81 bits per heavy atom. The Bertz CT molecular complexity index is 797. The quantitative estimate of drug-likeness (QED) is 0.814. The van der Waals surface area contributed by atoms with Crippen molar-refractivity contribution in [2.75, 3.05) is 6.26 Å². The van der Waals surface area contributed by atoms with Gasteiger partial charge in [-0.1, -0.05) is 12.1 Å². The predicted octanol–water partition coefficient (Wildman–Crippen LogP) is 3.22. The minimum Gasteiger partial charge on any atom is -0.453 e. The van der Waals surface area contributed by atoms with E-state index in [1.807, 2.05) is 0 Å². The summed E-state index contributed by atoms with van der Waals surface area (Å²) in [5.41, 5.74) is 0.0970. The molecule has 0 atom stereocenters. The van der Waals surface area contributed by atoms with Crippen molar-refractivity contribution in [2.45, 2.75) is 11.8 Å². The van der Waals surface area contributed by atoms with Gasteiger partial charge in [-0.2, -0.15) is 0 Å². The van der Waals surface area contributed by atoms with Crippen LogP contribution in [0, 0.1) is 5.82 Å². The topological polar surface area (TPSA) is 60.4 Å². The van der Waals surface area contributed by atoms with Crippen LogP contribution in [0.4, 0.5) is 4.39 Å². The lowest BCUT2D eigenvalue weighted by atomic mass is 10.1. The Kier molecular flexibility index (Phi) is 4.09. The average molecular weight is 308 g/mol. The smallest absolute Gasteiger partial charge is 0.175 e. The number of carbonyl (C=O) groups is 1. The first-order chi connectivity index (χ1) is 9.79. The molecule has 0 saturated heterocycles. The normalized spacial score (nSPS) is 11.2. The van der Waals surface area contributed by atoms with Gasteiger partial charge in [0.15, 0.2) is 27.2 Å². The number of hydrogen-bond acceptors (Lipinski definition) is 4. The van der Waals surface area contributed by atoms with E-state index >= 15 is 0 Å². The first-order valence-corrected chi connectivity index (χ1v) is 7.95. The van der Waals surface area contributed by atoms with E-state index in [1.165, 1.54) is 49.4 Å². The van der Waals surface area contributed by atoms with Crippen LogP contribution in [0.2, 0.25) is 0 Å². The van der Waals surface area contributed by atoms with Gasteiger partial charge in [-0.25, -0.2) is 12.8 Å². The Morgan fingerprint density at radius 1 is 1.14 bits per heavy atom. The second kappa shape index (κ2) is 5.65. The van der Waals surface area contributed by atoms with Crippen LogP contribution in [0.3, 0.4) is 0 Å². The van der Waals surface area contributed by atoms with Crippen molar-refractivity contribution >= 4 is 15.6 Å². The summed E-state index contributed by atoms with van der Waals surface area (Å²) < 4.78 is 42.2. The summed E-state index contributed by atoms with van der Waals surface area (Å²) in [6.07, 6.45) is 1.07. The van der Waals surface area contributed by atoms with Gasteiger partial charge in [-0.3, -0.25) is 4.79 Å². The molecule has 0 heterocycles. The number of halogens is 1. The summed E-state index contributed by atoms with van der Waals surface area (Å²) in [6, 6.07) is 9.70. The van der Waals surface area contributed by atoms with E-state index in [0.29, 0.717) is 0 Å². The van der Waals surface area contributed by atoms with Crippen molar-refractivity contribution in [3.63, 3.8) is 0 Å². The van der Waals surface area contributed by atoms with Gasteiger partial charge in [0.1, 0.15) is 5.75 Å². The molecule has 0 N–H and O–H groups in total. The lowest BCUT2D eigenvalue weighted by Crippen LogP contribution is -2.01. The third-order valence-electron chi connectivity index (χ3n) is 2.80. The SMILES string of the molecule is CC(=O)c1cccc(F)c1Oc1cccc(S(C)(=O)=O)c1. The van der Waals surface area contributed by atoms with Crippen LogP contribution in [-0.2, 0) is 9.84 Å². The van der Waals surface area contributed by atoms with Crippen LogP contribution < -0.4 is 4.74 Å². The zero-order valence-corrected chi connectivity index (χ0v) is 12.3. The minimum absolute atomic E-state index is 0.0562. The zero-order valence-electron chi connectivity index (χ0n) is 11.5. The number of para-hydroxylation sites is 1. The lowest BCUT2D eigenvalue weighted by Gasteiger charge is -2.11. The molecule has 110 valence electrons. The molecule has 6 heteroatoms. The highest BCUT2D eigenvalue weighted by molar-refractivity contribution is 7.90. The summed E-state index contributed by atoms with van der Waals surface area (Å²) in [7, 11) is -3.39. The first kappa shape index (κ1) is 15.2. The molecular weight excluding hydrogens is 295 g/mol. The van der Waals surface area contributed by atoms with Gasteiger partial charge in [0, 0.05) is 6.26 Å².